The molecular formula is C12H23NO2. The number of hydrogen-bond acceptors (Lipinski definition) is 3. The Kier molecular flexibility index (Phi) is 4.32. The predicted molar refractivity (Wildman–Crippen MR) is 61.7 cm³/mol. The van der Waals surface area contributed by atoms with Crippen LogP contribution in [0.15, 0.2) is 12.2 Å². The largest absolute Gasteiger partial charge is 0.395 e. The van der Waals surface area contributed by atoms with Crippen molar-refractivity contribution in [1.29, 1.82) is 0 Å². The van der Waals surface area contributed by atoms with Crippen LogP contribution in [-0.4, -0.2) is 35.0 Å². The van der Waals surface area contributed by atoms with Gasteiger partial charge in [-0.05, 0) is 39.0 Å². The molecule has 0 aromatic heterocycles. The van der Waals surface area contributed by atoms with Crippen LogP contribution in [0, 0.1) is 5.92 Å². The molecule has 3 N–H and O–H groups in total. The van der Waals surface area contributed by atoms with Crippen molar-refractivity contribution < 1.29 is 10.2 Å². The van der Waals surface area contributed by atoms with E-state index in [0.29, 0.717) is 12.5 Å². The Morgan fingerprint density at radius 3 is 2.73 bits per heavy atom. The Balaban J connectivity index is 2.54. The zero-order chi connectivity index (χ0) is 11.5. The van der Waals surface area contributed by atoms with Crippen LogP contribution in [0.4, 0.5) is 0 Å². The van der Waals surface area contributed by atoms with Gasteiger partial charge in [-0.1, -0.05) is 12.2 Å². The molecule has 0 aliphatic heterocycles. The Morgan fingerprint density at radius 1 is 1.60 bits per heavy atom. The summed E-state index contributed by atoms with van der Waals surface area (Å²) < 4.78 is 0. The number of allylic oxidation sites excluding steroid dienone is 1. The molecule has 88 valence electrons. The molecule has 3 nitrogen and oxygen atoms in total. The van der Waals surface area contributed by atoms with E-state index < -0.39 is 0 Å². The monoisotopic (exact) mass is 213 g/mol. The number of aliphatic hydroxyl groups excluding tert-OH is 2. The molecule has 1 rings (SSSR count). The smallest absolute Gasteiger partial charge is 0.0724 e. The second kappa shape index (κ2) is 5.10. The van der Waals surface area contributed by atoms with E-state index in [1.807, 2.05) is 13.8 Å². The topological polar surface area (TPSA) is 52.5 Å². The van der Waals surface area contributed by atoms with Crippen LogP contribution in [0.2, 0.25) is 0 Å². The zero-order valence-corrected chi connectivity index (χ0v) is 9.79. The number of hydrogen-bond donors (Lipinski definition) is 3. The SMILES string of the molecule is C=C(C)[C@@H]1CC[C@](C)(NCCO)[C@@H](O)C1. The van der Waals surface area contributed by atoms with Crippen LogP contribution < -0.4 is 5.32 Å². The van der Waals surface area contributed by atoms with Crippen molar-refractivity contribution in [2.45, 2.75) is 44.8 Å². The summed E-state index contributed by atoms with van der Waals surface area (Å²) in [6.07, 6.45) is 2.44. The maximum atomic E-state index is 10.1. The van der Waals surface area contributed by atoms with Gasteiger partial charge in [0.05, 0.1) is 12.7 Å². The van der Waals surface area contributed by atoms with E-state index in [9.17, 15) is 5.11 Å². The van der Waals surface area contributed by atoms with Gasteiger partial charge >= 0.3 is 0 Å². The van der Waals surface area contributed by atoms with Crippen molar-refractivity contribution in [3.63, 3.8) is 0 Å². The van der Waals surface area contributed by atoms with Gasteiger partial charge in [0.1, 0.15) is 0 Å². The Morgan fingerprint density at radius 2 is 2.27 bits per heavy atom. The Bertz CT molecular complexity index is 230. The van der Waals surface area contributed by atoms with E-state index in [4.69, 9.17) is 5.11 Å². The fourth-order valence-corrected chi connectivity index (χ4v) is 2.28. The fraction of sp³-hybridized carbons (Fsp3) is 0.833. The van der Waals surface area contributed by atoms with Crippen molar-refractivity contribution >= 4 is 0 Å². The highest BCUT2D eigenvalue weighted by Crippen LogP contribution is 2.35. The molecule has 3 heteroatoms. The van der Waals surface area contributed by atoms with Gasteiger partial charge in [-0.2, -0.15) is 0 Å². The number of rotatable bonds is 4. The molecule has 0 heterocycles. The molecule has 1 aliphatic rings. The van der Waals surface area contributed by atoms with Crippen LogP contribution in [0.3, 0.4) is 0 Å². The molecule has 1 aliphatic carbocycles. The van der Waals surface area contributed by atoms with E-state index in [1.165, 1.54) is 5.57 Å². The van der Waals surface area contributed by atoms with Gasteiger partial charge in [0.15, 0.2) is 0 Å². The van der Waals surface area contributed by atoms with Crippen molar-refractivity contribution in [2.75, 3.05) is 13.2 Å². The highest BCUT2D eigenvalue weighted by molar-refractivity contribution is 5.05. The van der Waals surface area contributed by atoms with E-state index in [-0.39, 0.29) is 18.2 Å². The summed E-state index contributed by atoms with van der Waals surface area (Å²) in [6, 6.07) is 0. The standard InChI is InChI=1S/C12H23NO2/c1-9(2)10-4-5-12(3,11(15)8-10)13-6-7-14/h10-11,13-15H,1,4-8H2,2-3H3/t10-,11+,12+/m1/s1. The summed E-state index contributed by atoms with van der Waals surface area (Å²) >= 11 is 0. The maximum absolute atomic E-state index is 10.1. The third kappa shape index (κ3) is 3.03. The summed E-state index contributed by atoms with van der Waals surface area (Å²) in [4.78, 5) is 0. The fourth-order valence-electron chi connectivity index (χ4n) is 2.28. The Hall–Kier alpha value is -0.380. The van der Waals surface area contributed by atoms with Gasteiger partial charge in [0.2, 0.25) is 0 Å². The van der Waals surface area contributed by atoms with Gasteiger partial charge in [0.25, 0.3) is 0 Å². The minimum absolute atomic E-state index is 0.117. The lowest BCUT2D eigenvalue weighted by Gasteiger charge is -2.42. The molecule has 0 bridgehead atoms. The van der Waals surface area contributed by atoms with E-state index >= 15 is 0 Å². The highest BCUT2D eigenvalue weighted by Gasteiger charge is 2.38. The molecule has 0 unspecified atom stereocenters. The summed E-state index contributed by atoms with van der Waals surface area (Å²) in [5, 5.41) is 22.1. The number of β-amino-alcohol motifs (C(OH)–C–C–N with tert-alkyl or cyclic N) is 1. The highest BCUT2D eigenvalue weighted by atomic mass is 16.3. The first-order chi connectivity index (χ1) is 6.99. The van der Waals surface area contributed by atoms with Gasteiger partial charge < -0.3 is 15.5 Å². The first kappa shape index (κ1) is 12.7. The summed E-state index contributed by atoms with van der Waals surface area (Å²) in [5.74, 6) is 0.448. The van der Waals surface area contributed by atoms with E-state index in [0.717, 1.165) is 19.3 Å². The maximum Gasteiger partial charge on any atom is 0.0724 e. The van der Waals surface area contributed by atoms with Crippen LogP contribution in [0.25, 0.3) is 0 Å². The lowest BCUT2D eigenvalue weighted by atomic mass is 9.73. The minimum Gasteiger partial charge on any atom is -0.395 e. The lowest BCUT2D eigenvalue weighted by molar-refractivity contribution is 0.0168. The quantitative estimate of drug-likeness (QED) is 0.612. The molecule has 0 saturated heterocycles. The van der Waals surface area contributed by atoms with Crippen LogP contribution in [0.1, 0.15) is 33.1 Å². The summed E-state index contributed by atoms with van der Waals surface area (Å²) in [5.41, 5.74) is 0.924. The minimum atomic E-state index is -0.348. The van der Waals surface area contributed by atoms with Crippen molar-refractivity contribution in [2.24, 2.45) is 5.92 Å². The first-order valence-electron chi connectivity index (χ1n) is 5.69. The van der Waals surface area contributed by atoms with Crippen molar-refractivity contribution in [3.05, 3.63) is 12.2 Å². The zero-order valence-electron chi connectivity index (χ0n) is 9.79. The molecule has 0 aromatic carbocycles. The predicted octanol–water partition coefficient (Wildman–Crippen LogP) is 1.06. The average Bonchev–Trinajstić information content (AvgIpc) is 2.19. The third-order valence-corrected chi connectivity index (χ3v) is 3.59. The second-order valence-electron chi connectivity index (χ2n) is 4.90. The van der Waals surface area contributed by atoms with E-state index in [2.05, 4.69) is 11.9 Å². The normalized spacial score (nSPS) is 36.5. The lowest BCUT2D eigenvalue weighted by Crippen LogP contribution is -2.55. The van der Waals surface area contributed by atoms with Crippen LogP contribution >= 0.6 is 0 Å². The van der Waals surface area contributed by atoms with Gasteiger partial charge in [0, 0.05) is 12.1 Å². The third-order valence-electron chi connectivity index (χ3n) is 3.59. The van der Waals surface area contributed by atoms with Crippen molar-refractivity contribution in [3.8, 4) is 0 Å². The molecule has 1 fully saturated rings. The summed E-state index contributed by atoms with van der Waals surface area (Å²) in [6.45, 7) is 8.67. The molecule has 15 heavy (non-hydrogen) atoms. The van der Waals surface area contributed by atoms with Crippen molar-refractivity contribution in [1.82, 2.24) is 5.32 Å². The molecular weight excluding hydrogens is 190 g/mol. The van der Waals surface area contributed by atoms with Gasteiger partial charge in [-0.3, -0.25) is 0 Å². The van der Waals surface area contributed by atoms with Gasteiger partial charge in [-0.15, -0.1) is 0 Å². The Labute approximate surface area is 92.2 Å². The molecule has 0 aromatic rings. The molecule has 3 atom stereocenters. The molecule has 1 saturated carbocycles. The second-order valence-corrected chi connectivity index (χ2v) is 4.90. The molecule has 0 amide bonds. The first-order valence-corrected chi connectivity index (χ1v) is 5.69. The summed E-state index contributed by atoms with van der Waals surface area (Å²) in [7, 11) is 0. The average molecular weight is 213 g/mol. The number of aliphatic hydroxyl groups is 2. The van der Waals surface area contributed by atoms with Crippen LogP contribution in [0.5, 0.6) is 0 Å². The molecule has 0 radical (unpaired) electrons. The van der Waals surface area contributed by atoms with E-state index in [1.54, 1.807) is 0 Å². The molecule has 0 spiro atoms. The van der Waals surface area contributed by atoms with Gasteiger partial charge in [-0.25, -0.2) is 0 Å². The van der Waals surface area contributed by atoms with Crippen LogP contribution in [-0.2, 0) is 0 Å². The number of nitrogens with one attached hydrogen (secondary N) is 1.